The lowest BCUT2D eigenvalue weighted by Gasteiger charge is -2.32. The highest BCUT2D eigenvalue weighted by molar-refractivity contribution is 5.65. The van der Waals surface area contributed by atoms with Crippen LogP contribution < -0.4 is 5.69 Å². The summed E-state index contributed by atoms with van der Waals surface area (Å²) >= 11 is 0. The third kappa shape index (κ3) is 3.15. The molecule has 1 aromatic carbocycles. The average molecular weight is 380 g/mol. The molecule has 0 saturated carbocycles. The fourth-order valence-electron chi connectivity index (χ4n) is 4.78. The summed E-state index contributed by atoms with van der Waals surface area (Å²) in [5.41, 5.74) is 3.54. The van der Waals surface area contributed by atoms with Crippen LogP contribution in [0, 0.1) is 11.7 Å². The van der Waals surface area contributed by atoms with Gasteiger partial charge in [-0.05, 0) is 63.2 Å². The van der Waals surface area contributed by atoms with Crippen LogP contribution in [0.5, 0.6) is 0 Å². The van der Waals surface area contributed by atoms with Crippen LogP contribution in [0.15, 0.2) is 35.3 Å². The third-order valence-corrected chi connectivity index (χ3v) is 6.23. The number of nitrogens with one attached hydrogen (secondary N) is 1. The van der Waals surface area contributed by atoms with E-state index in [2.05, 4.69) is 14.9 Å². The highest BCUT2D eigenvalue weighted by Gasteiger charge is 2.26. The van der Waals surface area contributed by atoms with E-state index in [-0.39, 0.29) is 11.5 Å². The molecule has 0 radical (unpaired) electrons. The fourth-order valence-corrected chi connectivity index (χ4v) is 4.78. The number of nitrogens with zero attached hydrogens (tertiary/aromatic N) is 3. The summed E-state index contributed by atoms with van der Waals surface area (Å²) in [5, 5.41) is 0. The first kappa shape index (κ1) is 17.6. The lowest BCUT2D eigenvalue weighted by molar-refractivity contribution is 0.187. The minimum Gasteiger partial charge on any atom is -0.311 e. The molecule has 28 heavy (non-hydrogen) atoms. The Morgan fingerprint density at radius 3 is 2.82 bits per heavy atom. The van der Waals surface area contributed by atoms with Crippen LogP contribution in [-0.4, -0.2) is 38.9 Å². The Kier molecular flexibility index (Phi) is 4.51. The first-order valence-electron chi connectivity index (χ1n) is 10.3. The van der Waals surface area contributed by atoms with Crippen LogP contribution in [0.3, 0.4) is 0 Å². The van der Waals surface area contributed by atoms with Crippen LogP contribution in [-0.2, 0) is 12.8 Å². The molecule has 1 fully saturated rings. The summed E-state index contributed by atoms with van der Waals surface area (Å²) in [5.74, 6) is 0.257. The summed E-state index contributed by atoms with van der Waals surface area (Å²) in [7, 11) is 0. The highest BCUT2D eigenvalue weighted by Crippen LogP contribution is 2.29. The van der Waals surface area contributed by atoms with Crippen molar-refractivity contribution in [3.05, 3.63) is 58.0 Å². The van der Waals surface area contributed by atoms with Crippen molar-refractivity contribution < 1.29 is 4.39 Å². The van der Waals surface area contributed by atoms with Gasteiger partial charge in [-0.25, -0.2) is 14.2 Å². The Morgan fingerprint density at radius 1 is 1.18 bits per heavy atom. The molecule has 0 bridgehead atoms. The Bertz CT molecular complexity index is 1060. The predicted molar refractivity (Wildman–Crippen MR) is 107 cm³/mol. The molecule has 1 aliphatic heterocycles. The number of aromatic amines is 1. The number of likely N-dealkylation sites (tertiary alicyclic amines) is 1. The quantitative estimate of drug-likeness (QED) is 0.758. The van der Waals surface area contributed by atoms with Crippen molar-refractivity contribution >= 4 is 5.65 Å². The molecule has 2 aromatic heterocycles. The maximum Gasteiger partial charge on any atom is 0.331 e. The van der Waals surface area contributed by atoms with Crippen LogP contribution in [0.25, 0.3) is 16.9 Å². The van der Waals surface area contributed by atoms with E-state index < -0.39 is 0 Å². The van der Waals surface area contributed by atoms with Crippen molar-refractivity contribution in [1.29, 1.82) is 0 Å². The van der Waals surface area contributed by atoms with Crippen molar-refractivity contribution in [2.24, 2.45) is 5.92 Å². The number of benzene rings is 1. The predicted octanol–water partition coefficient (Wildman–Crippen LogP) is 3.42. The van der Waals surface area contributed by atoms with Crippen molar-refractivity contribution in [2.75, 3.05) is 19.6 Å². The zero-order chi connectivity index (χ0) is 19.1. The van der Waals surface area contributed by atoms with Gasteiger partial charge in [-0.2, -0.15) is 0 Å². The van der Waals surface area contributed by atoms with Crippen LogP contribution >= 0.6 is 0 Å². The summed E-state index contributed by atoms with van der Waals surface area (Å²) in [6.45, 7) is 3.52. The molecule has 146 valence electrons. The molecule has 2 aliphatic rings. The lowest BCUT2D eigenvalue weighted by Crippen LogP contribution is -2.36. The zero-order valence-electron chi connectivity index (χ0n) is 16.0. The molecule has 5 nitrogen and oxygen atoms in total. The minimum atomic E-state index is -0.320. The van der Waals surface area contributed by atoms with Crippen LogP contribution in [0.2, 0.25) is 0 Å². The molecule has 5 rings (SSSR count). The van der Waals surface area contributed by atoms with E-state index >= 15 is 0 Å². The zero-order valence-corrected chi connectivity index (χ0v) is 16.0. The van der Waals surface area contributed by atoms with E-state index in [1.165, 1.54) is 38.4 Å². The Morgan fingerprint density at radius 2 is 2.00 bits per heavy atom. The normalized spacial score (nSPS) is 20.4. The van der Waals surface area contributed by atoms with Crippen molar-refractivity contribution in [3.63, 3.8) is 0 Å². The summed E-state index contributed by atoms with van der Waals surface area (Å²) in [4.78, 5) is 22.8. The van der Waals surface area contributed by atoms with E-state index in [9.17, 15) is 9.18 Å². The second-order valence-corrected chi connectivity index (χ2v) is 8.16. The standard InChI is InChI=1S/C22H25FN4O/c23-18-7-3-2-6-16(18)20-14-27-21(24-20)17-12-15(8-9-19(17)25-22(27)28)13-26-10-4-1-5-11-26/h2-3,6-7,14-15H,1,4-5,8-13H2,(H,25,28). The topological polar surface area (TPSA) is 53.4 Å². The molecule has 0 amide bonds. The maximum atomic E-state index is 14.2. The number of halogens is 1. The number of imidazole rings is 1. The number of hydrogen-bond acceptors (Lipinski definition) is 3. The Labute approximate surface area is 163 Å². The van der Waals surface area contributed by atoms with Gasteiger partial charge < -0.3 is 9.88 Å². The molecule has 1 N–H and O–H groups in total. The second kappa shape index (κ2) is 7.17. The van der Waals surface area contributed by atoms with Gasteiger partial charge in [-0.1, -0.05) is 18.6 Å². The van der Waals surface area contributed by atoms with Crippen molar-refractivity contribution in [2.45, 2.75) is 38.5 Å². The van der Waals surface area contributed by atoms with Gasteiger partial charge in [0.15, 0.2) is 0 Å². The summed E-state index contributed by atoms with van der Waals surface area (Å²) in [6.07, 6.45) is 8.48. The minimum absolute atomic E-state index is 0.196. The van der Waals surface area contributed by atoms with Gasteiger partial charge in [0, 0.05) is 29.6 Å². The van der Waals surface area contributed by atoms with E-state index in [4.69, 9.17) is 0 Å². The number of aromatic nitrogens is 3. The molecule has 1 aliphatic carbocycles. The van der Waals surface area contributed by atoms with Gasteiger partial charge in [0.05, 0.1) is 5.69 Å². The number of piperidine rings is 1. The van der Waals surface area contributed by atoms with Gasteiger partial charge >= 0.3 is 5.69 Å². The monoisotopic (exact) mass is 380 g/mol. The lowest BCUT2D eigenvalue weighted by atomic mass is 9.86. The van der Waals surface area contributed by atoms with Gasteiger partial charge in [0.2, 0.25) is 0 Å². The maximum absolute atomic E-state index is 14.2. The SMILES string of the molecule is O=c1[nH]c2c(c3nc(-c4ccccc4F)cn13)CC(CN1CCCCC1)CC2. The Balaban J connectivity index is 1.51. The van der Waals surface area contributed by atoms with Gasteiger partial charge in [0.1, 0.15) is 11.5 Å². The average Bonchev–Trinajstić information content (AvgIpc) is 3.16. The molecule has 3 aromatic rings. The first-order valence-corrected chi connectivity index (χ1v) is 10.3. The van der Waals surface area contributed by atoms with Crippen molar-refractivity contribution in [3.8, 4) is 11.3 Å². The molecular weight excluding hydrogens is 355 g/mol. The van der Waals surface area contributed by atoms with Crippen molar-refractivity contribution in [1.82, 2.24) is 19.3 Å². The second-order valence-electron chi connectivity index (χ2n) is 8.16. The van der Waals surface area contributed by atoms with Crippen LogP contribution in [0.1, 0.15) is 36.9 Å². The van der Waals surface area contributed by atoms with Gasteiger partial charge in [0.25, 0.3) is 0 Å². The summed E-state index contributed by atoms with van der Waals surface area (Å²) in [6, 6.07) is 6.58. The number of hydrogen-bond donors (Lipinski definition) is 1. The molecule has 1 unspecified atom stereocenters. The smallest absolute Gasteiger partial charge is 0.311 e. The number of fused-ring (bicyclic) bond motifs is 3. The third-order valence-electron chi connectivity index (χ3n) is 6.23. The number of rotatable bonds is 3. The first-order chi connectivity index (χ1) is 13.7. The molecule has 3 heterocycles. The molecular formula is C22H25FN4O. The van der Waals surface area contributed by atoms with E-state index in [0.29, 0.717) is 22.8 Å². The van der Waals surface area contributed by atoms with Crippen LogP contribution in [0.4, 0.5) is 4.39 Å². The number of H-pyrrole nitrogens is 1. The molecule has 1 atom stereocenters. The highest BCUT2D eigenvalue weighted by atomic mass is 19.1. The summed E-state index contributed by atoms with van der Waals surface area (Å²) < 4.78 is 15.8. The molecule has 0 spiro atoms. The fraction of sp³-hybridized carbons (Fsp3) is 0.455. The Hall–Kier alpha value is -2.47. The van der Waals surface area contributed by atoms with E-state index in [1.807, 2.05) is 0 Å². The van der Waals surface area contributed by atoms with Gasteiger partial charge in [-0.15, -0.1) is 0 Å². The molecule has 1 saturated heterocycles. The number of aryl methyl sites for hydroxylation is 1. The van der Waals surface area contributed by atoms with E-state index in [1.54, 1.807) is 28.8 Å². The largest absolute Gasteiger partial charge is 0.331 e. The van der Waals surface area contributed by atoms with E-state index in [0.717, 1.165) is 37.1 Å². The van der Waals surface area contributed by atoms with Gasteiger partial charge in [-0.3, -0.25) is 4.40 Å². The molecule has 6 heteroatoms.